The van der Waals surface area contributed by atoms with Crippen molar-refractivity contribution in [3.05, 3.63) is 71.8 Å². The Kier molecular flexibility index (Phi) is 5.52. The number of amidine groups is 1. The van der Waals surface area contributed by atoms with E-state index in [2.05, 4.69) is 34.5 Å². The van der Waals surface area contributed by atoms with Gasteiger partial charge in [-0.15, -0.1) is 0 Å². The van der Waals surface area contributed by atoms with Gasteiger partial charge in [-0.05, 0) is 25.1 Å². The molecule has 0 fully saturated rings. The first-order valence-electron chi connectivity index (χ1n) is 7.29. The molecule has 2 aromatic rings. The van der Waals surface area contributed by atoms with Crippen molar-refractivity contribution in [3.8, 4) is 0 Å². The molecule has 0 spiro atoms. The first-order chi connectivity index (χ1) is 10.2. The third-order valence-electron chi connectivity index (χ3n) is 3.62. The van der Waals surface area contributed by atoms with Gasteiger partial charge < -0.3 is 10.2 Å². The Morgan fingerprint density at radius 3 is 1.76 bits per heavy atom. The molecule has 3 nitrogen and oxygen atoms in total. The Labute approximate surface area is 127 Å². The van der Waals surface area contributed by atoms with Crippen LogP contribution >= 0.6 is 0 Å². The molecule has 110 valence electrons. The molecular formula is C18H23N3. The summed E-state index contributed by atoms with van der Waals surface area (Å²) in [5, 5.41) is 11.6. The number of likely N-dealkylation sites (N-methyl/N-ethyl adjacent to an activating group) is 1. The maximum absolute atomic E-state index is 8.41. The molecule has 0 aliphatic heterocycles. The molecule has 0 aliphatic carbocycles. The molecule has 2 N–H and O–H groups in total. The van der Waals surface area contributed by atoms with Crippen LogP contribution in [-0.4, -0.2) is 23.8 Å². The number of hydrogen-bond acceptors (Lipinski definition) is 2. The van der Waals surface area contributed by atoms with Crippen LogP contribution in [0, 0.1) is 5.41 Å². The van der Waals surface area contributed by atoms with Gasteiger partial charge in [-0.25, -0.2) is 0 Å². The number of nitrogens with one attached hydrogen (secondary N) is 2. The van der Waals surface area contributed by atoms with Crippen LogP contribution in [0.25, 0.3) is 0 Å². The molecule has 0 amide bonds. The zero-order chi connectivity index (χ0) is 15.1. The lowest BCUT2D eigenvalue weighted by Gasteiger charge is -2.28. The Bertz CT molecular complexity index is 510. The highest BCUT2D eigenvalue weighted by molar-refractivity contribution is 5.84. The van der Waals surface area contributed by atoms with E-state index in [-0.39, 0.29) is 6.04 Å². The summed E-state index contributed by atoms with van der Waals surface area (Å²) in [5.74, 6) is 0.616. The fourth-order valence-corrected chi connectivity index (χ4v) is 2.24. The second-order valence-electron chi connectivity index (χ2n) is 5.22. The van der Waals surface area contributed by atoms with E-state index < -0.39 is 0 Å². The van der Waals surface area contributed by atoms with Crippen LogP contribution in [0.1, 0.15) is 18.1 Å². The van der Waals surface area contributed by atoms with Crippen molar-refractivity contribution in [2.75, 3.05) is 7.05 Å². The van der Waals surface area contributed by atoms with Crippen molar-refractivity contribution in [1.82, 2.24) is 10.2 Å². The van der Waals surface area contributed by atoms with Gasteiger partial charge in [0.05, 0.1) is 6.04 Å². The zero-order valence-corrected chi connectivity index (χ0v) is 12.7. The second kappa shape index (κ2) is 7.60. The average molecular weight is 281 g/mol. The van der Waals surface area contributed by atoms with Crippen molar-refractivity contribution in [2.45, 2.75) is 26.1 Å². The van der Waals surface area contributed by atoms with Crippen LogP contribution in [0.4, 0.5) is 0 Å². The van der Waals surface area contributed by atoms with Gasteiger partial charge in [-0.1, -0.05) is 60.7 Å². The smallest absolute Gasteiger partial charge is 0.114 e. The fourth-order valence-electron chi connectivity index (χ4n) is 2.24. The predicted molar refractivity (Wildman–Crippen MR) is 88.4 cm³/mol. The van der Waals surface area contributed by atoms with Crippen LogP contribution in [0.2, 0.25) is 0 Å². The van der Waals surface area contributed by atoms with Crippen molar-refractivity contribution < 1.29 is 0 Å². The molecule has 0 saturated carbocycles. The van der Waals surface area contributed by atoms with Gasteiger partial charge in [-0.2, -0.15) is 0 Å². The molecule has 0 aliphatic rings. The minimum Gasteiger partial charge on any atom is -0.351 e. The van der Waals surface area contributed by atoms with Crippen LogP contribution in [0.15, 0.2) is 60.7 Å². The topological polar surface area (TPSA) is 39.1 Å². The van der Waals surface area contributed by atoms with Gasteiger partial charge in [0.1, 0.15) is 5.84 Å². The van der Waals surface area contributed by atoms with E-state index >= 15 is 0 Å². The van der Waals surface area contributed by atoms with E-state index in [4.69, 9.17) is 5.41 Å². The van der Waals surface area contributed by atoms with E-state index in [1.54, 1.807) is 0 Å². The lowest BCUT2D eigenvalue weighted by Crippen LogP contribution is -2.42. The summed E-state index contributed by atoms with van der Waals surface area (Å²) in [6.07, 6.45) is 0. The SMILES string of the molecule is CNC(C)C(=N)N(Cc1ccccc1)Cc1ccccc1. The molecule has 0 saturated heterocycles. The number of benzene rings is 2. The molecule has 1 atom stereocenters. The van der Waals surface area contributed by atoms with Crippen LogP contribution in [0.5, 0.6) is 0 Å². The lowest BCUT2D eigenvalue weighted by atomic mass is 10.1. The minimum absolute atomic E-state index is 0.0393. The van der Waals surface area contributed by atoms with E-state index in [0.29, 0.717) is 5.84 Å². The number of rotatable bonds is 6. The highest BCUT2D eigenvalue weighted by Gasteiger charge is 2.16. The predicted octanol–water partition coefficient (Wildman–Crippen LogP) is 3.27. The molecule has 0 heterocycles. The van der Waals surface area contributed by atoms with Gasteiger partial charge in [0, 0.05) is 13.1 Å². The summed E-state index contributed by atoms with van der Waals surface area (Å²) >= 11 is 0. The Morgan fingerprint density at radius 2 is 1.38 bits per heavy atom. The van der Waals surface area contributed by atoms with Crippen molar-refractivity contribution in [3.63, 3.8) is 0 Å². The zero-order valence-electron chi connectivity index (χ0n) is 12.7. The Balaban J connectivity index is 2.16. The molecule has 2 rings (SSSR count). The Morgan fingerprint density at radius 1 is 0.952 bits per heavy atom. The molecule has 0 radical (unpaired) electrons. The van der Waals surface area contributed by atoms with Crippen molar-refractivity contribution in [1.29, 1.82) is 5.41 Å². The van der Waals surface area contributed by atoms with E-state index in [1.807, 2.05) is 50.4 Å². The molecule has 3 heteroatoms. The summed E-state index contributed by atoms with van der Waals surface area (Å²) in [6.45, 7) is 3.52. The van der Waals surface area contributed by atoms with Gasteiger partial charge in [0.15, 0.2) is 0 Å². The molecule has 1 unspecified atom stereocenters. The monoisotopic (exact) mass is 281 g/mol. The standard InChI is InChI=1S/C18H23N3/c1-15(20-2)18(19)21(13-16-9-5-3-6-10-16)14-17-11-7-4-8-12-17/h3-12,15,19-20H,13-14H2,1-2H3. The Hall–Kier alpha value is -2.13. The second-order valence-corrected chi connectivity index (χ2v) is 5.22. The molecule has 2 aromatic carbocycles. The first-order valence-corrected chi connectivity index (χ1v) is 7.29. The van der Waals surface area contributed by atoms with Crippen LogP contribution in [0.3, 0.4) is 0 Å². The molecule has 0 bridgehead atoms. The normalized spacial score (nSPS) is 11.9. The maximum atomic E-state index is 8.41. The molecule has 21 heavy (non-hydrogen) atoms. The third-order valence-corrected chi connectivity index (χ3v) is 3.62. The third kappa shape index (κ3) is 4.43. The largest absolute Gasteiger partial charge is 0.351 e. The lowest BCUT2D eigenvalue weighted by molar-refractivity contribution is 0.385. The van der Waals surface area contributed by atoms with Gasteiger partial charge >= 0.3 is 0 Å². The average Bonchev–Trinajstić information content (AvgIpc) is 2.54. The summed E-state index contributed by atoms with van der Waals surface area (Å²) in [5.41, 5.74) is 2.45. The van der Waals surface area contributed by atoms with Crippen LogP contribution < -0.4 is 5.32 Å². The van der Waals surface area contributed by atoms with E-state index in [1.165, 1.54) is 11.1 Å². The van der Waals surface area contributed by atoms with Crippen LogP contribution in [-0.2, 0) is 13.1 Å². The maximum Gasteiger partial charge on any atom is 0.114 e. The molecule has 0 aromatic heterocycles. The summed E-state index contributed by atoms with van der Waals surface area (Å²) in [7, 11) is 1.89. The van der Waals surface area contributed by atoms with E-state index in [9.17, 15) is 0 Å². The first kappa shape index (κ1) is 15.3. The summed E-state index contributed by atoms with van der Waals surface area (Å²) < 4.78 is 0. The quantitative estimate of drug-likeness (QED) is 0.630. The highest BCUT2D eigenvalue weighted by atomic mass is 15.2. The van der Waals surface area contributed by atoms with Gasteiger partial charge in [0.25, 0.3) is 0 Å². The van der Waals surface area contributed by atoms with Crippen molar-refractivity contribution in [2.24, 2.45) is 0 Å². The minimum atomic E-state index is 0.0393. The number of hydrogen-bond donors (Lipinski definition) is 2. The van der Waals surface area contributed by atoms with Gasteiger partial charge in [0.2, 0.25) is 0 Å². The van der Waals surface area contributed by atoms with E-state index in [0.717, 1.165) is 13.1 Å². The highest BCUT2D eigenvalue weighted by Crippen LogP contribution is 2.11. The number of nitrogens with zero attached hydrogens (tertiary/aromatic N) is 1. The molecular weight excluding hydrogens is 258 g/mol. The summed E-state index contributed by atoms with van der Waals surface area (Å²) in [4.78, 5) is 2.12. The van der Waals surface area contributed by atoms with Gasteiger partial charge in [-0.3, -0.25) is 5.41 Å². The fraction of sp³-hybridized carbons (Fsp3) is 0.278. The summed E-state index contributed by atoms with van der Waals surface area (Å²) in [6, 6.07) is 20.7. The van der Waals surface area contributed by atoms with Crippen molar-refractivity contribution >= 4 is 5.84 Å².